The highest BCUT2D eigenvalue weighted by Crippen LogP contribution is 2.22. The van der Waals surface area contributed by atoms with Crippen molar-refractivity contribution in [2.45, 2.75) is 0 Å². The molecule has 0 aromatic heterocycles. The van der Waals surface area contributed by atoms with E-state index in [4.69, 9.17) is 11.7 Å². The van der Waals surface area contributed by atoms with Gasteiger partial charge in [-0.05, 0) is 35.4 Å². The molecule has 0 saturated heterocycles. The van der Waals surface area contributed by atoms with Crippen molar-refractivity contribution in [1.29, 1.82) is 0 Å². The van der Waals surface area contributed by atoms with E-state index in [1.165, 1.54) is 0 Å². The van der Waals surface area contributed by atoms with E-state index in [0.717, 1.165) is 11.1 Å². The molecule has 0 aliphatic rings. The van der Waals surface area contributed by atoms with Crippen molar-refractivity contribution >= 4 is 23.4 Å². The molecule has 0 heterocycles. The van der Waals surface area contributed by atoms with Gasteiger partial charge in [-0.1, -0.05) is 24.3 Å². The summed E-state index contributed by atoms with van der Waals surface area (Å²) in [6.07, 6.45) is 0. The number of rotatable bonds is 5. The van der Waals surface area contributed by atoms with Crippen molar-refractivity contribution < 1.29 is 9.59 Å². The quantitative estimate of drug-likeness (QED) is 0.224. The van der Waals surface area contributed by atoms with Crippen molar-refractivity contribution in [1.82, 2.24) is 21.7 Å². The van der Waals surface area contributed by atoms with Gasteiger partial charge in [-0.25, -0.2) is 21.3 Å². The molecule has 2 rings (SSSR count). The van der Waals surface area contributed by atoms with E-state index in [1.54, 1.807) is 0 Å². The lowest BCUT2D eigenvalue weighted by molar-refractivity contribution is 0.242. The maximum atomic E-state index is 11.0. The normalized spacial score (nSPS) is 9.58. The average molecular weight is 330 g/mol. The van der Waals surface area contributed by atoms with Gasteiger partial charge in [0.1, 0.15) is 0 Å². The summed E-state index contributed by atoms with van der Waals surface area (Å²) in [7, 11) is 0. The smallest absolute Gasteiger partial charge is 0.297 e. The first-order valence-corrected chi connectivity index (χ1v) is 6.88. The maximum Gasteiger partial charge on any atom is 0.347 e. The van der Waals surface area contributed by atoms with Gasteiger partial charge in [0.15, 0.2) is 0 Å². The summed E-state index contributed by atoms with van der Waals surface area (Å²) in [6, 6.07) is 13.7. The van der Waals surface area contributed by atoms with E-state index in [9.17, 15) is 9.59 Å². The monoisotopic (exact) mass is 330 g/mol. The van der Waals surface area contributed by atoms with Crippen LogP contribution in [0.15, 0.2) is 48.5 Å². The molecular weight excluding hydrogens is 312 g/mol. The Morgan fingerprint density at radius 2 is 0.958 bits per heavy atom. The fraction of sp³-hybridized carbons (Fsp3) is 0. The zero-order chi connectivity index (χ0) is 17.4. The van der Waals surface area contributed by atoms with Gasteiger partial charge in [-0.2, -0.15) is 0 Å². The van der Waals surface area contributed by atoms with Gasteiger partial charge in [0.2, 0.25) is 0 Å². The summed E-state index contributed by atoms with van der Waals surface area (Å²) in [4.78, 5) is 21.9. The van der Waals surface area contributed by atoms with Gasteiger partial charge in [0.25, 0.3) is 0 Å². The first-order valence-electron chi connectivity index (χ1n) is 6.88. The first kappa shape index (κ1) is 16.9. The van der Waals surface area contributed by atoms with Gasteiger partial charge in [0, 0.05) is 0 Å². The molecule has 0 bridgehead atoms. The predicted octanol–water partition coefficient (Wildman–Crippen LogP) is 0.353. The second kappa shape index (κ2) is 8.22. The molecule has 2 aromatic rings. The van der Waals surface area contributed by atoms with Crippen LogP contribution in [0.4, 0.5) is 21.0 Å². The van der Waals surface area contributed by atoms with Gasteiger partial charge in [-0.3, -0.25) is 32.6 Å². The highest BCUT2D eigenvalue weighted by Gasteiger charge is 2.01. The van der Waals surface area contributed by atoms with Crippen LogP contribution in [0.5, 0.6) is 0 Å². The number of amides is 4. The van der Waals surface area contributed by atoms with Crippen LogP contribution < -0.4 is 44.2 Å². The Morgan fingerprint density at radius 1 is 0.625 bits per heavy atom. The zero-order valence-electron chi connectivity index (χ0n) is 12.6. The minimum Gasteiger partial charge on any atom is -0.297 e. The van der Waals surface area contributed by atoms with Crippen molar-refractivity contribution in [3.05, 3.63) is 48.5 Å². The van der Waals surface area contributed by atoms with E-state index < -0.39 is 12.1 Å². The molecule has 10 heteroatoms. The molecule has 0 saturated carbocycles. The molecule has 0 unspecified atom stereocenters. The van der Waals surface area contributed by atoms with Crippen LogP contribution in [0.1, 0.15) is 0 Å². The van der Waals surface area contributed by atoms with Gasteiger partial charge < -0.3 is 0 Å². The Hall–Kier alpha value is -3.50. The Bertz CT molecular complexity index is 625. The van der Waals surface area contributed by atoms with E-state index in [1.807, 2.05) is 59.4 Å². The van der Waals surface area contributed by atoms with Crippen molar-refractivity contribution in [3.8, 4) is 11.1 Å². The van der Waals surface area contributed by atoms with E-state index in [-0.39, 0.29) is 0 Å². The molecule has 0 fully saturated rings. The molecule has 0 radical (unpaired) electrons. The maximum absolute atomic E-state index is 11.0. The highest BCUT2D eigenvalue weighted by molar-refractivity contribution is 5.76. The number of hydrogen-bond acceptors (Lipinski definition) is 6. The van der Waals surface area contributed by atoms with Crippen LogP contribution >= 0.6 is 0 Å². The molecule has 24 heavy (non-hydrogen) atoms. The molecule has 2 aromatic carbocycles. The number of nitrogens with one attached hydrogen (secondary N) is 6. The van der Waals surface area contributed by atoms with Crippen LogP contribution in [0.3, 0.4) is 0 Å². The third-order valence-corrected chi connectivity index (χ3v) is 3.01. The number of hydrazine groups is 4. The highest BCUT2D eigenvalue weighted by atomic mass is 16.2. The van der Waals surface area contributed by atoms with Gasteiger partial charge in [-0.15, -0.1) is 0 Å². The third kappa shape index (κ3) is 4.76. The standard InChI is InChI=1S/C14H18N8O2/c15-17-13(23)21-19-11-5-1-9(2-6-11)10-3-7-12(8-4-10)20-22-14(24)18-16/h1-8,19-20H,15-16H2,(H2,17,21,23)(H2,18,22,24). The summed E-state index contributed by atoms with van der Waals surface area (Å²) < 4.78 is 0. The summed E-state index contributed by atoms with van der Waals surface area (Å²) in [5.41, 5.74) is 17.4. The second-order valence-corrected chi connectivity index (χ2v) is 4.60. The minimum absolute atomic E-state index is 0.543. The summed E-state index contributed by atoms with van der Waals surface area (Å²) in [5, 5.41) is 0. The zero-order valence-corrected chi connectivity index (χ0v) is 12.6. The number of benzene rings is 2. The van der Waals surface area contributed by atoms with Crippen molar-refractivity contribution in [3.63, 3.8) is 0 Å². The molecule has 10 N–H and O–H groups in total. The minimum atomic E-state index is -0.543. The Balaban J connectivity index is 1.96. The van der Waals surface area contributed by atoms with Gasteiger partial charge in [0.05, 0.1) is 11.4 Å². The lowest BCUT2D eigenvalue weighted by Gasteiger charge is -2.10. The third-order valence-electron chi connectivity index (χ3n) is 3.01. The van der Waals surface area contributed by atoms with E-state index >= 15 is 0 Å². The Kier molecular flexibility index (Phi) is 5.77. The number of nitrogens with two attached hydrogens (primary N) is 2. The second-order valence-electron chi connectivity index (χ2n) is 4.60. The van der Waals surface area contributed by atoms with E-state index in [0.29, 0.717) is 11.4 Å². The molecule has 0 aliphatic carbocycles. The fourth-order valence-electron chi connectivity index (χ4n) is 1.82. The molecule has 0 spiro atoms. The van der Waals surface area contributed by atoms with Gasteiger partial charge >= 0.3 is 12.1 Å². The van der Waals surface area contributed by atoms with Crippen LogP contribution in [0, 0.1) is 0 Å². The van der Waals surface area contributed by atoms with Crippen molar-refractivity contribution in [2.24, 2.45) is 11.7 Å². The van der Waals surface area contributed by atoms with Crippen molar-refractivity contribution in [2.75, 3.05) is 10.9 Å². The van der Waals surface area contributed by atoms with E-state index in [2.05, 4.69) is 21.7 Å². The average Bonchev–Trinajstić information content (AvgIpc) is 2.65. The SMILES string of the molecule is NNC(=O)NNc1ccc(-c2ccc(NNC(=O)NN)cc2)cc1. The number of carbonyl (C=O) groups excluding carboxylic acids is 2. The number of carbonyl (C=O) groups is 2. The summed E-state index contributed by atoms with van der Waals surface area (Å²) in [6.45, 7) is 0. The Morgan fingerprint density at radius 3 is 1.25 bits per heavy atom. The molecule has 0 atom stereocenters. The first-order chi connectivity index (χ1) is 11.6. The van der Waals surface area contributed by atoms with Crippen LogP contribution in [0.25, 0.3) is 11.1 Å². The predicted molar refractivity (Wildman–Crippen MR) is 90.8 cm³/mol. The Labute approximate surface area is 137 Å². The molecule has 10 nitrogen and oxygen atoms in total. The molecule has 4 amide bonds. The fourth-order valence-corrected chi connectivity index (χ4v) is 1.82. The van der Waals surface area contributed by atoms with Crippen LogP contribution in [0.2, 0.25) is 0 Å². The molecular formula is C14H18N8O2. The van der Waals surface area contributed by atoms with Crippen LogP contribution in [-0.2, 0) is 0 Å². The lowest BCUT2D eigenvalue weighted by atomic mass is 10.1. The number of urea groups is 2. The number of anilines is 2. The largest absolute Gasteiger partial charge is 0.347 e. The summed E-state index contributed by atoms with van der Waals surface area (Å²) in [5.74, 6) is 9.91. The molecule has 126 valence electrons. The summed E-state index contributed by atoms with van der Waals surface area (Å²) >= 11 is 0. The lowest BCUT2D eigenvalue weighted by Crippen LogP contribution is -2.42. The molecule has 0 aliphatic heterocycles. The number of hydrogen-bond donors (Lipinski definition) is 8. The topological polar surface area (TPSA) is 158 Å². The van der Waals surface area contributed by atoms with Crippen LogP contribution in [-0.4, -0.2) is 12.1 Å².